The Morgan fingerprint density at radius 1 is 1.21 bits per heavy atom. The second-order valence-corrected chi connectivity index (χ2v) is 13.2. The Balaban J connectivity index is 1.69. The van der Waals surface area contributed by atoms with Gasteiger partial charge < -0.3 is 25.2 Å². The van der Waals surface area contributed by atoms with Crippen LogP contribution in [0.2, 0.25) is 0 Å². The molecule has 3 rings (SSSR count). The van der Waals surface area contributed by atoms with Crippen LogP contribution in [0.25, 0.3) is 0 Å². The van der Waals surface area contributed by atoms with E-state index < -0.39 is 39.3 Å². The van der Waals surface area contributed by atoms with Crippen molar-refractivity contribution in [3.05, 3.63) is 22.3 Å². The van der Waals surface area contributed by atoms with Gasteiger partial charge in [0, 0.05) is 24.6 Å². The van der Waals surface area contributed by atoms with Crippen LogP contribution in [0.1, 0.15) is 76.1 Å². The van der Waals surface area contributed by atoms with Gasteiger partial charge in [-0.05, 0) is 91.3 Å². The third-order valence-corrected chi connectivity index (χ3v) is 8.28. The largest absolute Gasteiger partial charge is 0.487 e. The number of alkyl carbamates (subject to hydrolysis) is 1. The van der Waals surface area contributed by atoms with Crippen LogP contribution in [0, 0.1) is 20.8 Å². The molecular weight excluding hydrogens is 512 g/mol. The first kappa shape index (κ1) is 29.5. The number of ether oxygens (including phenoxy) is 2. The maximum Gasteiger partial charge on any atom is 0.408 e. The van der Waals surface area contributed by atoms with Gasteiger partial charge in [0.15, 0.2) is 0 Å². The maximum atomic E-state index is 13.5. The maximum absolute atomic E-state index is 13.5. The van der Waals surface area contributed by atoms with E-state index in [-0.39, 0.29) is 23.3 Å². The van der Waals surface area contributed by atoms with Crippen molar-refractivity contribution >= 4 is 28.0 Å². The van der Waals surface area contributed by atoms with E-state index in [9.17, 15) is 23.1 Å². The van der Waals surface area contributed by atoms with Crippen molar-refractivity contribution in [1.82, 2.24) is 15.4 Å². The minimum Gasteiger partial charge on any atom is -0.487 e. The molecule has 1 unspecified atom stereocenters. The molecule has 0 aromatic heterocycles. The highest BCUT2D eigenvalue weighted by atomic mass is 32.2. The van der Waals surface area contributed by atoms with Gasteiger partial charge >= 0.3 is 12.1 Å². The number of carboxylic acid groups (broad SMARTS) is 1. The number of fused-ring (bicyclic) bond motifs is 1. The van der Waals surface area contributed by atoms with Gasteiger partial charge in [0.2, 0.25) is 5.96 Å². The van der Waals surface area contributed by atoms with Crippen molar-refractivity contribution in [3.63, 3.8) is 0 Å². The molecule has 1 aromatic rings. The number of aliphatic carboxylic acids is 1. The van der Waals surface area contributed by atoms with Gasteiger partial charge in [-0.25, -0.2) is 22.7 Å². The first-order chi connectivity index (χ1) is 17.4. The molecule has 4 N–H and O–H groups in total. The lowest BCUT2D eigenvalue weighted by Crippen LogP contribution is -2.50. The van der Waals surface area contributed by atoms with Gasteiger partial charge in [0.25, 0.3) is 10.0 Å². The van der Waals surface area contributed by atoms with Gasteiger partial charge in [-0.15, -0.1) is 0 Å². The highest BCUT2D eigenvalue weighted by Gasteiger charge is 2.37. The molecule has 2 aliphatic rings. The highest BCUT2D eigenvalue weighted by Crippen LogP contribution is 2.43. The number of carbonyl (C=O) groups excluding carboxylic acids is 1. The molecular formula is C26H40N4O7S. The molecule has 0 radical (unpaired) electrons. The molecule has 1 aromatic carbocycles. The molecule has 212 valence electrons. The number of hydrogen-bond acceptors (Lipinski definition) is 8. The van der Waals surface area contributed by atoms with Crippen molar-refractivity contribution in [2.24, 2.45) is 4.99 Å². The minimum atomic E-state index is -3.97. The van der Waals surface area contributed by atoms with Crippen LogP contribution in [0.5, 0.6) is 5.75 Å². The number of carboxylic acids is 1. The van der Waals surface area contributed by atoms with Crippen LogP contribution < -0.4 is 20.1 Å². The van der Waals surface area contributed by atoms with E-state index in [0.717, 1.165) is 16.9 Å². The molecule has 38 heavy (non-hydrogen) atoms. The molecule has 11 nitrogen and oxygen atoms in total. The third-order valence-electron chi connectivity index (χ3n) is 6.67. The lowest BCUT2D eigenvalue weighted by atomic mass is 9.94. The topological polar surface area (TPSA) is 155 Å². The van der Waals surface area contributed by atoms with Crippen LogP contribution >= 0.6 is 0 Å². The third kappa shape index (κ3) is 6.89. The Morgan fingerprint density at radius 2 is 1.87 bits per heavy atom. The Kier molecular flexibility index (Phi) is 8.26. The second-order valence-electron chi connectivity index (χ2n) is 11.6. The van der Waals surface area contributed by atoms with Gasteiger partial charge in [-0.2, -0.15) is 0 Å². The Labute approximate surface area is 224 Å². The molecule has 2 heterocycles. The number of guanidine groups is 1. The minimum absolute atomic E-state index is 0.113. The Hall–Kier alpha value is -3.02. The van der Waals surface area contributed by atoms with Crippen molar-refractivity contribution in [2.75, 3.05) is 6.54 Å². The predicted molar refractivity (Wildman–Crippen MR) is 143 cm³/mol. The SMILES string of the molecule is Cc1c(C)c(S(=O)(=O)NC2=NCCC(CC[C@H](NC(=O)OC(C)(C)C)C(=O)O)N2)c(C)c2c1OC(C)(C)C2. The van der Waals surface area contributed by atoms with Crippen molar-refractivity contribution in [1.29, 1.82) is 0 Å². The molecule has 0 saturated heterocycles. The zero-order chi connectivity index (χ0) is 28.6. The van der Waals surface area contributed by atoms with Gasteiger partial charge in [-0.1, -0.05) is 0 Å². The summed E-state index contributed by atoms with van der Waals surface area (Å²) in [6.07, 6.45) is 0.897. The summed E-state index contributed by atoms with van der Waals surface area (Å²) in [5.41, 5.74) is 1.81. The fourth-order valence-electron chi connectivity index (χ4n) is 4.82. The van der Waals surface area contributed by atoms with E-state index in [1.807, 2.05) is 20.8 Å². The standard InChI is InChI=1S/C26H40N4O7S/c1-14-15(2)21(16(3)18-13-26(7,8)36-20(14)18)38(34,35)30-23-27-12-11-17(28-23)9-10-19(22(31)32)29-24(33)37-25(4,5)6/h17,19H,9-13H2,1-8H3,(H,29,33)(H,31,32)(H2,27,28,30)/t17?,19-/m0/s1. The molecule has 1 amide bonds. The highest BCUT2D eigenvalue weighted by molar-refractivity contribution is 7.90. The van der Waals surface area contributed by atoms with Crippen LogP contribution in [-0.2, 0) is 26.0 Å². The van der Waals surface area contributed by atoms with Crippen molar-refractivity contribution in [3.8, 4) is 5.75 Å². The summed E-state index contributed by atoms with van der Waals surface area (Å²) in [5, 5.41) is 15.0. The predicted octanol–water partition coefficient (Wildman–Crippen LogP) is 3.08. The number of amides is 1. The summed E-state index contributed by atoms with van der Waals surface area (Å²) < 4.78 is 40.9. The van der Waals surface area contributed by atoms with Crippen molar-refractivity contribution in [2.45, 2.75) is 109 Å². The number of rotatable bonds is 7. The van der Waals surface area contributed by atoms with E-state index in [1.54, 1.807) is 34.6 Å². The zero-order valence-corrected chi connectivity index (χ0v) is 24.3. The number of sulfonamides is 1. The summed E-state index contributed by atoms with van der Waals surface area (Å²) >= 11 is 0. The monoisotopic (exact) mass is 552 g/mol. The summed E-state index contributed by atoms with van der Waals surface area (Å²) in [6.45, 7) is 14.8. The van der Waals surface area contributed by atoms with E-state index in [2.05, 4.69) is 20.3 Å². The second kappa shape index (κ2) is 10.6. The van der Waals surface area contributed by atoms with E-state index in [4.69, 9.17) is 9.47 Å². The van der Waals surface area contributed by atoms with Gasteiger partial charge in [-0.3, -0.25) is 4.99 Å². The first-order valence-corrected chi connectivity index (χ1v) is 14.3. The summed E-state index contributed by atoms with van der Waals surface area (Å²) in [5.74, 6) is -0.307. The fourth-order valence-corrected chi connectivity index (χ4v) is 6.39. The number of benzene rings is 1. The molecule has 2 atom stereocenters. The number of aliphatic imine (C=N–C) groups is 1. The van der Waals surface area contributed by atoms with Crippen LogP contribution in [0.4, 0.5) is 4.79 Å². The van der Waals surface area contributed by atoms with Gasteiger partial charge in [0.1, 0.15) is 23.0 Å². The molecule has 0 fully saturated rings. The van der Waals surface area contributed by atoms with Crippen LogP contribution in [0.15, 0.2) is 9.89 Å². The van der Waals surface area contributed by atoms with Crippen LogP contribution in [0.3, 0.4) is 0 Å². The average molecular weight is 553 g/mol. The average Bonchev–Trinajstić information content (AvgIpc) is 3.09. The molecule has 0 aliphatic carbocycles. The first-order valence-electron chi connectivity index (χ1n) is 12.8. The number of nitrogens with one attached hydrogen (secondary N) is 3. The number of carbonyl (C=O) groups is 2. The molecule has 0 spiro atoms. The van der Waals surface area contributed by atoms with Crippen molar-refractivity contribution < 1.29 is 32.6 Å². The number of nitrogens with zero attached hydrogens (tertiary/aromatic N) is 1. The van der Waals surface area contributed by atoms with E-state index >= 15 is 0 Å². The van der Waals surface area contributed by atoms with Crippen LogP contribution in [-0.4, -0.2) is 61.4 Å². The fraction of sp³-hybridized carbons (Fsp3) is 0.654. The smallest absolute Gasteiger partial charge is 0.408 e. The molecule has 0 saturated carbocycles. The van der Waals surface area contributed by atoms with E-state index in [1.165, 1.54) is 0 Å². The van der Waals surface area contributed by atoms with Gasteiger partial charge in [0.05, 0.1) is 4.90 Å². The summed E-state index contributed by atoms with van der Waals surface area (Å²) in [6, 6.07) is -1.37. The zero-order valence-electron chi connectivity index (χ0n) is 23.4. The van der Waals surface area contributed by atoms with E-state index in [0.29, 0.717) is 36.9 Å². The quantitative estimate of drug-likeness (QED) is 0.402. The Bertz CT molecular complexity index is 1250. The lowest BCUT2D eigenvalue weighted by Gasteiger charge is -2.27. The summed E-state index contributed by atoms with van der Waals surface area (Å²) in [7, 11) is -3.97. The summed E-state index contributed by atoms with van der Waals surface area (Å²) in [4.78, 5) is 28.2. The Morgan fingerprint density at radius 3 is 2.47 bits per heavy atom. The number of hydrogen-bond donors (Lipinski definition) is 4. The molecule has 12 heteroatoms. The molecule has 0 bridgehead atoms. The molecule has 2 aliphatic heterocycles. The lowest BCUT2D eigenvalue weighted by molar-refractivity contribution is -0.139. The normalized spacial score (nSPS) is 19.4.